The first-order valence-electron chi connectivity index (χ1n) is 6.55. The highest BCUT2D eigenvalue weighted by Crippen LogP contribution is 2.18. The summed E-state index contributed by atoms with van der Waals surface area (Å²) >= 11 is 0. The fourth-order valence-corrected chi connectivity index (χ4v) is 1.81. The molecule has 21 heavy (non-hydrogen) atoms. The molecule has 108 valence electrons. The van der Waals surface area contributed by atoms with Gasteiger partial charge in [-0.05, 0) is 37.6 Å². The fourth-order valence-electron chi connectivity index (χ4n) is 1.81. The lowest BCUT2D eigenvalue weighted by Crippen LogP contribution is -2.13. The van der Waals surface area contributed by atoms with Crippen molar-refractivity contribution < 1.29 is 14.4 Å². The van der Waals surface area contributed by atoms with Crippen molar-refractivity contribution in [3.8, 4) is 11.8 Å². The molecule has 0 fully saturated rings. The van der Waals surface area contributed by atoms with Crippen LogP contribution in [-0.2, 0) is 0 Å². The molecule has 1 amide bonds. The molecule has 0 saturated heterocycles. The highest BCUT2D eigenvalue weighted by atomic mass is 16.5. The van der Waals surface area contributed by atoms with Crippen molar-refractivity contribution >= 4 is 11.6 Å². The van der Waals surface area contributed by atoms with Crippen LogP contribution in [0.15, 0.2) is 28.9 Å². The van der Waals surface area contributed by atoms with Crippen molar-refractivity contribution in [2.24, 2.45) is 0 Å². The lowest BCUT2D eigenvalue weighted by atomic mass is 10.1. The number of nitrogens with zero attached hydrogens (tertiary/aromatic N) is 1. The van der Waals surface area contributed by atoms with Gasteiger partial charge in [-0.25, -0.2) is 0 Å². The summed E-state index contributed by atoms with van der Waals surface area (Å²) in [6.45, 7) is 3.64. The summed E-state index contributed by atoms with van der Waals surface area (Å²) in [4.78, 5) is 12.1. The van der Waals surface area contributed by atoms with Crippen LogP contribution in [0.5, 0.6) is 0 Å². The first kappa shape index (κ1) is 14.8. The first-order chi connectivity index (χ1) is 10.1. The van der Waals surface area contributed by atoms with E-state index < -0.39 is 0 Å². The lowest BCUT2D eigenvalue weighted by Gasteiger charge is -2.07. The number of nitrogens with one attached hydrogen (secondary N) is 1. The Bertz CT molecular complexity index is 708. The molecule has 0 aliphatic rings. The van der Waals surface area contributed by atoms with Crippen LogP contribution in [-0.4, -0.2) is 22.8 Å². The maximum Gasteiger partial charge on any atom is 0.260 e. The smallest absolute Gasteiger partial charge is 0.260 e. The third kappa shape index (κ3) is 3.71. The number of anilines is 1. The topological polar surface area (TPSA) is 75.4 Å². The minimum Gasteiger partial charge on any atom is -0.395 e. The van der Waals surface area contributed by atoms with Gasteiger partial charge in [0.25, 0.3) is 5.91 Å². The van der Waals surface area contributed by atoms with Crippen molar-refractivity contribution in [3.05, 3.63) is 46.8 Å². The summed E-state index contributed by atoms with van der Waals surface area (Å²) in [5, 5.41) is 15.1. The highest BCUT2D eigenvalue weighted by Gasteiger charge is 2.13. The number of aliphatic hydroxyl groups is 1. The molecule has 1 heterocycles. The summed E-state index contributed by atoms with van der Waals surface area (Å²) in [6.07, 6.45) is 1.85. The van der Waals surface area contributed by atoms with Crippen LogP contribution in [0.25, 0.3) is 0 Å². The molecule has 0 aliphatic heterocycles. The second-order valence-electron chi connectivity index (χ2n) is 4.55. The number of benzene rings is 1. The Morgan fingerprint density at radius 1 is 1.43 bits per heavy atom. The molecule has 0 atom stereocenters. The van der Waals surface area contributed by atoms with E-state index in [1.165, 1.54) is 6.20 Å². The Balaban J connectivity index is 2.13. The molecule has 1 aromatic carbocycles. The number of carbonyl (C=O) groups is 1. The summed E-state index contributed by atoms with van der Waals surface area (Å²) in [5.74, 6) is 6.05. The van der Waals surface area contributed by atoms with Crippen molar-refractivity contribution in [1.82, 2.24) is 5.16 Å². The van der Waals surface area contributed by atoms with Crippen LogP contribution in [0.2, 0.25) is 0 Å². The minimum atomic E-state index is -0.254. The van der Waals surface area contributed by atoms with Gasteiger partial charge in [-0.2, -0.15) is 0 Å². The number of rotatable bonds is 3. The standard InChI is InChI=1S/C16H16N2O3/c1-11-9-13(5-3-4-8-19)6-7-15(11)18-16(20)14-10-17-21-12(14)2/h6-7,9-10,19H,4,8H2,1-2H3,(H,18,20). The van der Waals surface area contributed by atoms with E-state index in [1.807, 2.05) is 19.1 Å². The molecule has 0 bridgehead atoms. The zero-order valence-electron chi connectivity index (χ0n) is 11.9. The van der Waals surface area contributed by atoms with Crippen molar-refractivity contribution in [3.63, 3.8) is 0 Å². The molecule has 2 rings (SSSR count). The lowest BCUT2D eigenvalue weighted by molar-refractivity contribution is 0.102. The molecule has 0 unspecified atom stereocenters. The van der Waals surface area contributed by atoms with Crippen LogP contribution in [0, 0.1) is 25.7 Å². The maximum atomic E-state index is 12.1. The first-order valence-corrected chi connectivity index (χ1v) is 6.55. The maximum absolute atomic E-state index is 12.1. The molecule has 0 saturated carbocycles. The van der Waals surface area contributed by atoms with Gasteiger partial charge in [-0.15, -0.1) is 0 Å². The van der Waals surface area contributed by atoms with Crippen LogP contribution in [0.1, 0.15) is 33.7 Å². The van der Waals surface area contributed by atoms with Crippen molar-refractivity contribution in [2.45, 2.75) is 20.3 Å². The van der Waals surface area contributed by atoms with E-state index in [0.29, 0.717) is 23.4 Å². The van der Waals surface area contributed by atoms with Gasteiger partial charge in [0.1, 0.15) is 11.3 Å². The number of hydrogen-bond donors (Lipinski definition) is 2. The molecular weight excluding hydrogens is 268 g/mol. The largest absolute Gasteiger partial charge is 0.395 e. The van der Waals surface area contributed by atoms with Gasteiger partial charge in [-0.3, -0.25) is 4.79 Å². The van der Waals surface area contributed by atoms with Gasteiger partial charge in [-0.1, -0.05) is 17.0 Å². The molecule has 5 heteroatoms. The average Bonchev–Trinajstić information content (AvgIpc) is 2.88. The number of hydrogen-bond acceptors (Lipinski definition) is 4. The highest BCUT2D eigenvalue weighted by molar-refractivity contribution is 6.05. The molecule has 2 N–H and O–H groups in total. The second-order valence-corrected chi connectivity index (χ2v) is 4.55. The third-order valence-corrected chi connectivity index (χ3v) is 2.94. The predicted molar refractivity (Wildman–Crippen MR) is 79.0 cm³/mol. The molecule has 0 radical (unpaired) electrons. The normalized spacial score (nSPS) is 9.86. The van der Waals surface area contributed by atoms with E-state index in [0.717, 1.165) is 11.1 Å². The van der Waals surface area contributed by atoms with Gasteiger partial charge in [0.2, 0.25) is 0 Å². The Morgan fingerprint density at radius 2 is 2.24 bits per heavy atom. The quantitative estimate of drug-likeness (QED) is 0.848. The Morgan fingerprint density at radius 3 is 2.86 bits per heavy atom. The van der Waals surface area contributed by atoms with Crippen LogP contribution in [0.3, 0.4) is 0 Å². The number of amides is 1. The van der Waals surface area contributed by atoms with Gasteiger partial charge < -0.3 is 14.9 Å². The zero-order chi connectivity index (χ0) is 15.2. The van der Waals surface area contributed by atoms with Gasteiger partial charge in [0, 0.05) is 17.7 Å². The minimum absolute atomic E-state index is 0.0538. The summed E-state index contributed by atoms with van der Waals surface area (Å²) in [6, 6.07) is 5.52. The van der Waals surface area contributed by atoms with Crippen molar-refractivity contribution in [2.75, 3.05) is 11.9 Å². The van der Waals surface area contributed by atoms with Gasteiger partial charge in [0.15, 0.2) is 0 Å². The van der Waals surface area contributed by atoms with E-state index in [-0.39, 0.29) is 12.5 Å². The van der Waals surface area contributed by atoms with Crippen LogP contribution in [0.4, 0.5) is 5.69 Å². The molecule has 1 aromatic heterocycles. The summed E-state index contributed by atoms with van der Waals surface area (Å²) in [7, 11) is 0. The third-order valence-electron chi connectivity index (χ3n) is 2.94. The van der Waals surface area contributed by atoms with E-state index in [4.69, 9.17) is 9.63 Å². The zero-order valence-corrected chi connectivity index (χ0v) is 11.9. The number of aryl methyl sites for hydroxylation is 2. The van der Waals surface area contributed by atoms with E-state index in [2.05, 4.69) is 22.3 Å². The summed E-state index contributed by atoms with van der Waals surface area (Å²) in [5.41, 5.74) is 2.89. The molecule has 0 aliphatic carbocycles. The molecule has 2 aromatic rings. The molecular formula is C16H16N2O3. The second kappa shape index (κ2) is 6.73. The predicted octanol–water partition coefficient (Wildman–Crippen LogP) is 2.28. The fraction of sp³-hybridized carbons (Fsp3) is 0.250. The summed E-state index contributed by atoms with van der Waals surface area (Å²) < 4.78 is 4.88. The van der Waals surface area contributed by atoms with Gasteiger partial charge in [0.05, 0.1) is 12.8 Å². The Hall–Kier alpha value is -2.58. The van der Waals surface area contributed by atoms with Crippen molar-refractivity contribution in [1.29, 1.82) is 0 Å². The SMILES string of the molecule is Cc1cc(C#CCCO)ccc1NC(=O)c1cnoc1C. The van der Waals surface area contributed by atoms with Gasteiger partial charge >= 0.3 is 0 Å². The van der Waals surface area contributed by atoms with E-state index in [1.54, 1.807) is 13.0 Å². The van der Waals surface area contributed by atoms with Crippen LogP contribution >= 0.6 is 0 Å². The van der Waals surface area contributed by atoms with E-state index >= 15 is 0 Å². The number of aliphatic hydroxyl groups excluding tert-OH is 1. The number of carbonyl (C=O) groups excluding carboxylic acids is 1. The molecule has 5 nitrogen and oxygen atoms in total. The average molecular weight is 284 g/mol. The molecule has 0 spiro atoms. The van der Waals surface area contributed by atoms with Crippen LogP contribution < -0.4 is 5.32 Å². The number of aromatic nitrogens is 1. The monoisotopic (exact) mass is 284 g/mol. The Kier molecular flexibility index (Phi) is 4.75. The van der Waals surface area contributed by atoms with E-state index in [9.17, 15) is 4.79 Å². The Labute approximate surface area is 123 Å².